The molecule has 1 saturated carbocycles. The van der Waals surface area contributed by atoms with Gasteiger partial charge in [-0.3, -0.25) is 10.9 Å². The quantitative estimate of drug-likeness (QED) is 0.497. The largest absolute Gasteiger partial charge is 0.261 e. The van der Waals surface area contributed by atoms with Gasteiger partial charge in [0.15, 0.2) is 0 Å². The standard InChI is InChI=1S/C8H17ClN2/c1-5(2)7-6(4-9)8(7)11-10-3/h5-8,10-11H,4H2,1-3H3/t6?,7-,8+/m1/s1. The maximum Gasteiger partial charge on any atom is 0.0290 e. The number of alkyl halides is 1. The SMILES string of the molecule is CNN[C@H]1C(CCl)[C@H]1C(C)C. The van der Waals surface area contributed by atoms with E-state index in [0.29, 0.717) is 12.0 Å². The third-order valence-corrected chi connectivity index (χ3v) is 2.84. The molecule has 0 spiro atoms. The van der Waals surface area contributed by atoms with Crippen LogP contribution in [-0.4, -0.2) is 19.0 Å². The Bertz CT molecular complexity index is 127. The summed E-state index contributed by atoms with van der Waals surface area (Å²) in [5.41, 5.74) is 6.19. The first-order valence-electron chi connectivity index (χ1n) is 4.20. The van der Waals surface area contributed by atoms with E-state index < -0.39 is 0 Å². The van der Waals surface area contributed by atoms with Crippen LogP contribution in [0.2, 0.25) is 0 Å². The van der Waals surface area contributed by atoms with Crippen molar-refractivity contribution in [2.45, 2.75) is 19.9 Å². The normalized spacial score (nSPS) is 36.3. The number of halogens is 1. The van der Waals surface area contributed by atoms with E-state index in [9.17, 15) is 0 Å². The fourth-order valence-electron chi connectivity index (χ4n) is 1.88. The second-order valence-corrected chi connectivity index (χ2v) is 3.87. The maximum atomic E-state index is 5.80. The Morgan fingerprint density at radius 2 is 2.09 bits per heavy atom. The summed E-state index contributed by atoms with van der Waals surface area (Å²) in [5.74, 6) is 2.95. The van der Waals surface area contributed by atoms with E-state index >= 15 is 0 Å². The van der Waals surface area contributed by atoms with Gasteiger partial charge >= 0.3 is 0 Å². The van der Waals surface area contributed by atoms with Crippen molar-refractivity contribution in [3.05, 3.63) is 0 Å². The van der Waals surface area contributed by atoms with Crippen molar-refractivity contribution in [3.63, 3.8) is 0 Å². The smallest absolute Gasteiger partial charge is 0.0290 e. The minimum atomic E-state index is 0.595. The number of hydrogen-bond acceptors (Lipinski definition) is 2. The van der Waals surface area contributed by atoms with Gasteiger partial charge in [0.05, 0.1) is 0 Å². The third-order valence-electron chi connectivity index (χ3n) is 2.49. The zero-order valence-electron chi connectivity index (χ0n) is 7.39. The molecular weight excluding hydrogens is 160 g/mol. The van der Waals surface area contributed by atoms with E-state index in [2.05, 4.69) is 24.7 Å². The average molecular weight is 177 g/mol. The van der Waals surface area contributed by atoms with Gasteiger partial charge in [-0.2, -0.15) is 0 Å². The lowest BCUT2D eigenvalue weighted by Gasteiger charge is -2.02. The molecule has 1 unspecified atom stereocenters. The van der Waals surface area contributed by atoms with Crippen molar-refractivity contribution in [2.75, 3.05) is 12.9 Å². The third kappa shape index (κ3) is 1.86. The fraction of sp³-hybridized carbons (Fsp3) is 1.00. The van der Waals surface area contributed by atoms with Gasteiger partial charge in [-0.05, 0) is 24.8 Å². The summed E-state index contributed by atoms with van der Waals surface area (Å²) in [4.78, 5) is 0. The van der Waals surface area contributed by atoms with Crippen LogP contribution < -0.4 is 10.9 Å². The molecular formula is C8H17ClN2. The lowest BCUT2D eigenvalue weighted by molar-refractivity contribution is 0.483. The van der Waals surface area contributed by atoms with Crippen molar-refractivity contribution >= 4 is 11.6 Å². The Morgan fingerprint density at radius 1 is 1.45 bits per heavy atom. The highest BCUT2D eigenvalue weighted by Crippen LogP contribution is 2.44. The van der Waals surface area contributed by atoms with Crippen LogP contribution in [0.1, 0.15) is 13.8 Å². The molecule has 0 bridgehead atoms. The number of nitrogens with one attached hydrogen (secondary N) is 2. The number of hydrazine groups is 1. The second kappa shape index (κ2) is 3.74. The lowest BCUT2D eigenvalue weighted by Crippen LogP contribution is -2.32. The molecule has 3 heteroatoms. The molecule has 2 nitrogen and oxygen atoms in total. The molecule has 1 aliphatic carbocycles. The zero-order chi connectivity index (χ0) is 8.43. The summed E-state index contributed by atoms with van der Waals surface area (Å²) in [5, 5.41) is 0. The van der Waals surface area contributed by atoms with Gasteiger partial charge in [0, 0.05) is 11.9 Å². The first-order valence-corrected chi connectivity index (χ1v) is 4.74. The summed E-state index contributed by atoms with van der Waals surface area (Å²) < 4.78 is 0. The maximum absolute atomic E-state index is 5.80. The van der Waals surface area contributed by atoms with Gasteiger partial charge in [0.25, 0.3) is 0 Å². The predicted molar refractivity (Wildman–Crippen MR) is 48.5 cm³/mol. The molecule has 0 radical (unpaired) electrons. The highest BCUT2D eigenvalue weighted by atomic mass is 35.5. The molecule has 1 rings (SSSR count). The monoisotopic (exact) mass is 176 g/mol. The summed E-state index contributed by atoms with van der Waals surface area (Å²) >= 11 is 5.80. The topological polar surface area (TPSA) is 24.1 Å². The molecule has 0 saturated heterocycles. The highest BCUT2D eigenvalue weighted by Gasteiger charge is 2.50. The van der Waals surface area contributed by atoms with Crippen LogP contribution >= 0.6 is 11.6 Å². The first-order chi connectivity index (χ1) is 5.22. The van der Waals surface area contributed by atoms with Crippen LogP contribution in [-0.2, 0) is 0 Å². The zero-order valence-corrected chi connectivity index (χ0v) is 8.15. The molecule has 0 amide bonds. The lowest BCUT2D eigenvalue weighted by atomic mass is 10.1. The minimum Gasteiger partial charge on any atom is -0.261 e. The minimum absolute atomic E-state index is 0.595. The van der Waals surface area contributed by atoms with E-state index in [1.54, 1.807) is 0 Å². The number of rotatable bonds is 4. The molecule has 0 heterocycles. The van der Waals surface area contributed by atoms with Crippen LogP contribution in [0, 0.1) is 17.8 Å². The molecule has 0 aromatic rings. The van der Waals surface area contributed by atoms with Gasteiger partial charge < -0.3 is 0 Å². The van der Waals surface area contributed by atoms with Crippen LogP contribution in [0.15, 0.2) is 0 Å². The molecule has 0 aromatic heterocycles. The van der Waals surface area contributed by atoms with Gasteiger partial charge in [-0.25, -0.2) is 0 Å². The van der Waals surface area contributed by atoms with Crippen LogP contribution in [0.3, 0.4) is 0 Å². The van der Waals surface area contributed by atoms with E-state index in [-0.39, 0.29) is 0 Å². The molecule has 1 fully saturated rings. The molecule has 11 heavy (non-hydrogen) atoms. The van der Waals surface area contributed by atoms with Gasteiger partial charge in [0.2, 0.25) is 0 Å². The van der Waals surface area contributed by atoms with E-state index in [1.807, 2.05) is 7.05 Å². The van der Waals surface area contributed by atoms with E-state index in [0.717, 1.165) is 17.7 Å². The van der Waals surface area contributed by atoms with Gasteiger partial charge in [-0.15, -0.1) is 11.6 Å². The Labute approximate surface area is 73.7 Å². The molecule has 66 valence electrons. The second-order valence-electron chi connectivity index (χ2n) is 3.56. The Kier molecular flexibility index (Phi) is 3.16. The van der Waals surface area contributed by atoms with Crippen molar-refractivity contribution in [1.82, 2.24) is 10.9 Å². The van der Waals surface area contributed by atoms with Crippen molar-refractivity contribution in [1.29, 1.82) is 0 Å². The Hall–Kier alpha value is 0.210. The van der Waals surface area contributed by atoms with E-state index in [4.69, 9.17) is 11.6 Å². The summed E-state index contributed by atoms with van der Waals surface area (Å²) in [6, 6.07) is 0.595. The molecule has 1 aliphatic rings. The summed E-state index contributed by atoms with van der Waals surface area (Å²) in [7, 11) is 1.90. The fourth-order valence-corrected chi connectivity index (χ4v) is 2.28. The molecule has 0 aliphatic heterocycles. The van der Waals surface area contributed by atoms with Crippen LogP contribution in [0.4, 0.5) is 0 Å². The van der Waals surface area contributed by atoms with Crippen molar-refractivity contribution < 1.29 is 0 Å². The Balaban J connectivity index is 2.33. The number of hydrogen-bond donors (Lipinski definition) is 2. The van der Waals surface area contributed by atoms with Gasteiger partial charge in [0.1, 0.15) is 0 Å². The van der Waals surface area contributed by atoms with Crippen molar-refractivity contribution in [3.8, 4) is 0 Å². The molecule has 0 aromatic carbocycles. The summed E-state index contributed by atoms with van der Waals surface area (Å²) in [6.45, 7) is 4.50. The summed E-state index contributed by atoms with van der Waals surface area (Å²) in [6.07, 6.45) is 0. The highest BCUT2D eigenvalue weighted by molar-refractivity contribution is 6.18. The average Bonchev–Trinajstić information content (AvgIpc) is 2.63. The van der Waals surface area contributed by atoms with E-state index in [1.165, 1.54) is 0 Å². The Morgan fingerprint density at radius 3 is 2.36 bits per heavy atom. The molecule has 3 atom stereocenters. The molecule has 2 N–H and O–H groups in total. The predicted octanol–water partition coefficient (Wildman–Crippen LogP) is 1.22. The van der Waals surface area contributed by atoms with Crippen molar-refractivity contribution in [2.24, 2.45) is 17.8 Å². The first kappa shape index (κ1) is 9.30. The van der Waals surface area contributed by atoms with Crippen LogP contribution in [0.25, 0.3) is 0 Å². The van der Waals surface area contributed by atoms with Gasteiger partial charge in [-0.1, -0.05) is 13.8 Å². The van der Waals surface area contributed by atoms with Crippen LogP contribution in [0.5, 0.6) is 0 Å².